The fourth-order valence-electron chi connectivity index (χ4n) is 3.57. The van der Waals surface area contributed by atoms with Crippen LogP contribution < -0.4 is 15.3 Å². The molecule has 1 aromatic carbocycles. The molecule has 0 amide bonds. The molecular formula is C21H21FN2O5S. The van der Waals surface area contributed by atoms with E-state index in [-0.39, 0.29) is 17.1 Å². The van der Waals surface area contributed by atoms with Crippen molar-refractivity contribution in [2.24, 2.45) is 5.14 Å². The summed E-state index contributed by atoms with van der Waals surface area (Å²) in [6.07, 6.45) is 1.22. The highest BCUT2D eigenvalue weighted by atomic mass is 32.2. The van der Waals surface area contributed by atoms with Crippen LogP contribution in [0, 0.1) is 19.8 Å². The Morgan fingerprint density at radius 1 is 1.27 bits per heavy atom. The first kappa shape index (κ1) is 20.5. The maximum atomic E-state index is 13.5. The molecule has 1 atom stereocenters. The molecule has 3 aromatic rings. The SMILES string of the molecule is Cc1cc([C@@H](C)Oc2ccc(F)nc2S(N)(=O)=O)c2oc(C3CC3)c(C)c(=O)c2c1. The van der Waals surface area contributed by atoms with Crippen LogP contribution in [-0.2, 0) is 10.0 Å². The van der Waals surface area contributed by atoms with Gasteiger partial charge in [0.1, 0.15) is 17.4 Å². The highest BCUT2D eigenvalue weighted by Gasteiger charge is 2.30. The summed E-state index contributed by atoms with van der Waals surface area (Å²) in [4.78, 5) is 16.3. The zero-order valence-corrected chi connectivity index (χ0v) is 17.5. The quantitative estimate of drug-likeness (QED) is 0.617. The van der Waals surface area contributed by atoms with Crippen molar-refractivity contribution in [3.63, 3.8) is 0 Å². The summed E-state index contributed by atoms with van der Waals surface area (Å²) in [5.41, 5.74) is 2.31. The molecule has 0 unspecified atom stereocenters. The number of benzene rings is 1. The van der Waals surface area contributed by atoms with Crippen molar-refractivity contribution in [2.75, 3.05) is 0 Å². The van der Waals surface area contributed by atoms with Crippen LogP contribution in [0.1, 0.15) is 54.2 Å². The number of ether oxygens (including phenoxy) is 1. The van der Waals surface area contributed by atoms with E-state index in [1.165, 1.54) is 0 Å². The lowest BCUT2D eigenvalue weighted by Gasteiger charge is -2.19. The number of hydrogen-bond donors (Lipinski definition) is 1. The van der Waals surface area contributed by atoms with Crippen molar-refractivity contribution in [3.05, 3.63) is 62.9 Å². The van der Waals surface area contributed by atoms with Gasteiger partial charge < -0.3 is 9.15 Å². The van der Waals surface area contributed by atoms with Crippen LogP contribution in [0.4, 0.5) is 4.39 Å². The normalized spacial score (nSPS) is 15.4. The van der Waals surface area contributed by atoms with E-state index < -0.39 is 27.1 Å². The Morgan fingerprint density at radius 2 is 1.97 bits per heavy atom. The van der Waals surface area contributed by atoms with E-state index >= 15 is 0 Å². The minimum atomic E-state index is -4.31. The number of pyridine rings is 1. The Kier molecular flexibility index (Phi) is 4.90. The maximum absolute atomic E-state index is 13.5. The lowest BCUT2D eigenvalue weighted by Crippen LogP contribution is -2.17. The number of hydrogen-bond acceptors (Lipinski definition) is 6. The smallest absolute Gasteiger partial charge is 0.259 e. The fraction of sp³-hybridized carbons (Fsp3) is 0.333. The van der Waals surface area contributed by atoms with E-state index in [2.05, 4.69) is 4.98 Å². The van der Waals surface area contributed by atoms with Gasteiger partial charge in [-0.05, 0) is 63.4 Å². The van der Waals surface area contributed by atoms with Gasteiger partial charge in [0.05, 0.1) is 5.39 Å². The number of primary sulfonamides is 1. The number of rotatable bonds is 5. The van der Waals surface area contributed by atoms with Gasteiger partial charge in [-0.25, -0.2) is 18.5 Å². The summed E-state index contributed by atoms with van der Waals surface area (Å²) in [6.45, 7) is 5.29. The van der Waals surface area contributed by atoms with E-state index in [9.17, 15) is 17.6 Å². The number of aromatic nitrogens is 1. The van der Waals surface area contributed by atoms with Crippen molar-refractivity contribution in [1.29, 1.82) is 0 Å². The molecule has 0 saturated heterocycles. The van der Waals surface area contributed by atoms with Gasteiger partial charge in [-0.15, -0.1) is 0 Å². The number of sulfonamides is 1. The second-order valence-electron chi connectivity index (χ2n) is 7.67. The number of fused-ring (bicyclic) bond motifs is 1. The summed E-state index contributed by atoms with van der Waals surface area (Å²) in [5, 5.41) is 4.90. The predicted molar refractivity (Wildman–Crippen MR) is 109 cm³/mol. The number of aryl methyl sites for hydroxylation is 1. The lowest BCUT2D eigenvalue weighted by atomic mass is 10.0. The van der Waals surface area contributed by atoms with Crippen molar-refractivity contribution in [3.8, 4) is 5.75 Å². The molecule has 0 aliphatic heterocycles. The van der Waals surface area contributed by atoms with Gasteiger partial charge in [0.2, 0.25) is 11.0 Å². The van der Waals surface area contributed by atoms with Crippen LogP contribution in [0.5, 0.6) is 5.75 Å². The molecule has 1 aliphatic carbocycles. The Bertz CT molecular complexity index is 1330. The molecule has 2 heterocycles. The zero-order valence-electron chi connectivity index (χ0n) is 16.7. The number of nitrogens with two attached hydrogens (primary N) is 1. The molecular weight excluding hydrogens is 411 g/mol. The van der Waals surface area contributed by atoms with Gasteiger partial charge in [-0.3, -0.25) is 4.79 Å². The van der Waals surface area contributed by atoms with E-state index in [1.54, 1.807) is 19.9 Å². The Morgan fingerprint density at radius 3 is 2.60 bits per heavy atom. The monoisotopic (exact) mass is 432 g/mol. The van der Waals surface area contributed by atoms with E-state index in [1.807, 2.05) is 13.0 Å². The van der Waals surface area contributed by atoms with Crippen LogP contribution in [0.25, 0.3) is 11.0 Å². The first-order chi connectivity index (χ1) is 14.1. The van der Waals surface area contributed by atoms with Crippen molar-refractivity contribution in [2.45, 2.75) is 50.7 Å². The second-order valence-corrected chi connectivity index (χ2v) is 9.14. The third kappa shape index (κ3) is 3.70. The van der Waals surface area contributed by atoms with Crippen molar-refractivity contribution in [1.82, 2.24) is 4.98 Å². The molecule has 0 radical (unpaired) electrons. The summed E-state index contributed by atoms with van der Waals surface area (Å²) < 4.78 is 49.1. The topological polar surface area (TPSA) is 112 Å². The van der Waals surface area contributed by atoms with E-state index in [4.69, 9.17) is 14.3 Å². The lowest BCUT2D eigenvalue weighted by molar-refractivity contribution is 0.217. The maximum Gasteiger partial charge on any atom is 0.259 e. The molecule has 7 nitrogen and oxygen atoms in total. The molecule has 1 saturated carbocycles. The van der Waals surface area contributed by atoms with Gasteiger partial charge >= 0.3 is 0 Å². The largest absolute Gasteiger partial charge is 0.483 e. The first-order valence-electron chi connectivity index (χ1n) is 9.50. The minimum absolute atomic E-state index is 0.0935. The molecule has 2 aromatic heterocycles. The second kappa shape index (κ2) is 7.17. The van der Waals surface area contributed by atoms with Gasteiger partial charge in [0.25, 0.3) is 10.0 Å². The Balaban J connectivity index is 1.85. The minimum Gasteiger partial charge on any atom is -0.483 e. The van der Waals surface area contributed by atoms with Gasteiger partial charge in [-0.2, -0.15) is 4.39 Å². The van der Waals surface area contributed by atoms with Crippen LogP contribution in [0.15, 0.2) is 38.5 Å². The van der Waals surface area contributed by atoms with E-state index in [0.29, 0.717) is 27.9 Å². The Labute approximate surface area is 172 Å². The van der Waals surface area contributed by atoms with Gasteiger partial charge in [0, 0.05) is 17.0 Å². The van der Waals surface area contributed by atoms with Gasteiger partial charge in [-0.1, -0.05) is 0 Å². The van der Waals surface area contributed by atoms with Crippen LogP contribution >= 0.6 is 0 Å². The number of halogens is 1. The number of nitrogens with zero attached hydrogens (tertiary/aromatic N) is 1. The molecule has 2 N–H and O–H groups in total. The molecule has 4 rings (SSSR count). The zero-order chi connectivity index (χ0) is 21.8. The van der Waals surface area contributed by atoms with Crippen molar-refractivity contribution < 1.29 is 22.0 Å². The van der Waals surface area contributed by atoms with E-state index in [0.717, 1.165) is 30.5 Å². The van der Waals surface area contributed by atoms with Crippen LogP contribution in [-0.4, -0.2) is 13.4 Å². The third-order valence-corrected chi connectivity index (χ3v) is 6.01. The molecule has 1 fully saturated rings. The summed E-state index contributed by atoms with van der Waals surface area (Å²) in [6, 6.07) is 5.72. The Hall–Kier alpha value is -2.78. The van der Waals surface area contributed by atoms with Gasteiger partial charge in [0.15, 0.2) is 11.2 Å². The van der Waals surface area contributed by atoms with Crippen LogP contribution in [0.3, 0.4) is 0 Å². The molecule has 0 spiro atoms. The first-order valence-corrected chi connectivity index (χ1v) is 11.0. The fourth-order valence-corrected chi connectivity index (χ4v) is 4.18. The summed E-state index contributed by atoms with van der Waals surface area (Å²) >= 11 is 0. The average Bonchev–Trinajstić information content (AvgIpc) is 3.50. The summed E-state index contributed by atoms with van der Waals surface area (Å²) in [7, 11) is -4.31. The highest BCUT2D eigenvalue weighted by molar-refractivity contribution is 7.89. The highest BCUT2D eigenvalue weighted by Crippen LogP contribution is 2.42. The standard InChI is InChI=1S/C21H21FN2O5S/c1-10-8-14(12(3)28-16-6-7-17(22)24-21(16)30(23,26)27)20-15(9-10)18(25)11(2)19(29-20)13-4-5-13/h6-9,12-13H,4-5H2,1-3H3,(H2,23,26,27)/t12-/m1/s1. The average molecular weight is 432 g/mol. The molecule has 0 bridgehead atoms. The molecule has 1 aliphatic rings. The summed E-state index contributed by atoms with van der Waals surface area (Å²) in [5.74, 6) is -0.255. The molecule has 9 heteroatoms. The predicted octanol–water partition coefficient (Wildman–Crippen LogP) is 3.61. The molecule has 30 heavy (non-hydrogen) atoms. The van der Waals surface area contributed by atoms with Crippen molar-refractivity contribution >= 4 is 21.0 Å². The van der Waals surface area contributed by atoms with Crippen LogP contribution in [0.2, 0.25) is 0 Å². The third-order valence-electron chi connectivity index (χ3n) is 5.18. The molecule has 158 valence electrons.